The van der Waals surface area contributed by atoms with Gasteiger partial charge in [-0.25, -0.2) is 0 Å². The van der Waals surface area contributed by atoms with Crippen LogP contribution in [0.2, 0.25) is 0 Å². The fourth-order valence-corrected chi connectivity index (χ4v) is 2.52. The largest absolute Gasteiger partial charge is 0.497 e. The summed E-state index contributed by atoms with van der Waals surface area (Å²) in [7, 11) is 3.16. The van der Waals surface area contributed by atoms with E-state index in [0.717, 1.165) is 5.39 Å². The average Bonchev–Trinajstić information content (AvgIpc) is 3.05. The van der Waals surface area contributed by atoms with E-state index in [0.29, 0.717) is 22.7 Å². The molecule has 2 amide bonds. The molecule has 1 N–H and O–H groups in total. The smallest absolute Gasteiger partial charge is 0.243 e. The predicted octanol–water partition coefficient (Wildman–Crippen LogP) is 2.48. The Kier molecular flexibility index (Phi) is 5.17. The molecule has 0 radical (unpaired) electrons. The number of hydrogen-bond acceptors (Lipinski definition) is 5. The van der Waals surface area contributed by atoms with Gasteiger partial charge in [0.2, 0.25) is 11.8 Å². The van der Waals surface area contributed by atoms with Gasteiger partial charge < -0.3 is 19.5 Å². The third-order valence-corrected chi connectivity index (χ3v) is 3.95. The van der Waals surface area contributed by atoms with Crippen LogP contribution in [-0.4, -0.2) is 42.6 Å². The number of likely N-dealkylation sites (N-methyl/N-ethyl adjacent to an activating group) is 1. The van der Waals surface area contributed by atoms with Crippen LogP contribution in [0.1, 0.15) is 5.69 Å². The van der Waals surface area contributed by atoms with Gasteiger partial charge in [0.1, 0.15) is 11.4 Å². The summed E-state index contributed by atoms with van der Waals surface area (Å²) >= 11 is 0. The Balaban J connectivity index is 1.57. The van der Waals surface area contributed by atoms with Crippen molar-refractivity contribution in [3.63, 3.8) is 0 Å². The van der Waals surface area contributed by atoms with Crippen molar-refractivity contribution >= 4 is 28.5 Å². The molecule has 1 aromatic heterocycles. The Bertz CT molecular complexity index is 918. The number of carbonyl (C=O) groups excluding carboxylic acids is 2. The van der Waals surface area contributed by atoms with E-state index < -0.39 is 0 Å². The van der Waals surface area contributed by atoms with Crippen molar-refractivity contribution in [1.29, 1.82) is 0 Å². The molecular weight excluding hydrogens is 334 g/mol. The van der Waals surface area contributed by atoms with Gasteiger partial charge in [0, 0.05) is 18.1 Å². The first kappa shape index (κ1) is 17.5. The Morgan fingerprint density at radius 1 is 1.15 bits per heavy atom. The molecule has 0 unspecified atom stereocenters. The second kappa shape index (κ2) is 7.69. The predicted molar refractivity (Wildman–Crippen MR) is 97.0 cm³/mol. The number of anilines is 1. The summed E-state index contributed by atoms with van der Waals surface area (Å²) < 4.78 is 10.3. The van der Waals surface area contributed by atoms with Gasteiger partial charge in [0.05, 0.1) is 20.1 Å². The average molecular weight is 353 g/mol. The summed E-state index contributed by atoms with van der Waals surface area (Å²) in [6, 6.07) is 14.3. The van der Waals surface area contributed by atoms with Crippen LogP contribution in [0.3, 0.4) is 0 Å². The van der Waals surface area contributed by atoms with Gasteiger partial charge in [-0.05, 0) is 36.4 Å². The van der Waals surface area contributed by atoms with Gasteiger partial charge >= 0.3 is 0 Å². The molecule has 3 aromatic rings. The first-order valence-corrected chi connectivity index (χ1v) is 8.08. The van der Waals surface area contributed by atoms with Gasteiger partial charge in [-0.1, -0.05) is 17.3 Å². The standard InChI is InChI=1S/C19H19N3O4/c1-22(12-18(23)20-13-7-9-14(25-2)10-8-13)19(24)11-16-15-5-3-4-6-17(15)26-21-16/h3-10H,11-12H2,1-2H3,(H,20,23). The van der Waals surface area contributed by atoms with Crippen LogP contribution < -0.4 is 10.1 Å². The fraction of sp³-hybridized carbons (Fsp3) is 0.211. The molecule has 134 valence electrons. The van der Waals surface area contributed by atoms with Crippen LogP contribution in [0.25, 0.3) is 11.0 Å². The third kappa shape index (κ3) is 4.00. The summed E-state index contributed by atoms with van der Waals surface area (Å²) in [5, 5.41) is 7.49. The van der Waals surface area contributed by atoms with E-state index in [4.69, 9.17) is 9.26 Å². The first-order chi connectivity index (χ1) is 12.6. The van der Waals surface area contributed by atoms with Gasteiger partial charge in [-0.15, -0.1) is 0 Å². The number of hydrogen-bond donors (Lipinski definition) is 1. The Morgan fingerprint density at radius 2 is 1.88 bits per heavy atom. The molecule has 0 spiro atoms. The molecule has 0 saturated heterocycles. The van der Waals surface area contributed by atoms with Crippen LogP contribution >= 0.6 is 0 Å². The van der Waals surface area contributed by atoms with E-state index in [1.165, 1.54) is 4.90 Å². The van der Waals surface area contributed by atoms with Crippen molar-refractivity contribution in [3.05, 3.63) is 54.2 Å². The Labute approximate surface area is 150 Å². The minimum absolute atomic E-state index is 0.0549. The van der Waals surface area contributed by atoms with E-state index in [9.17, 15) is 9.59 Å². The number of methoxy groups -OCH3 is 1. The van der Waals surface area contributed by atoms with Gasteiger partial charge in [-0.3, -0.25) is 9.59 Å². The van der Waals surface area contributed by atoms with Crippen molar-refractivity contribution in [3.8, 4) is 5.75 Å². The zero-order valence-electron chi connectivity index (χ0n) is 14.6. The number of benzene rings is 2. The number of nitrogens with one attached hydrogen (secondary N) is 1. The maximum Gasteiger partial charge on any atom is 0.243 e. The van der Waals surface area contributed by atoms with E-state index in [2.05, 4.69) is 10.5 Å². The topological polar surface area (TPSA) is 84.7 Å². The normalized spacial score (nSPS) is 10.5. The minimum Gasteiger partial charge on any atom is -0.497 e. The lowest BCUT2D eigenvalue weighted by Gasteiger charge is -2.16. The molecule has 1 heterocycles. The highest BCUT2D eigenvalue weighted by atomic mass is 16.5. The molecule has 26 heavy (non-hydrogen) atoms. The molecule has 3 rings (SSSR count). The molecule has 7 heteroatoms. The van der Waals surface area contributed by atoms with Crippen LogP contribution in [0.15, 0.2) is 53.1 Å². The van der Waals surface area contributed by atoms with E-state index in [-0.39, 0.29) is 24.8 Å². The van der Waals surface area contributed by atoms with Crippen molar-refractivity contribution in [2.24, 2.45) is 0 Å². The molecule has 0 aliphatic rings. The molecular formula is C19H19N3O4. The monoisotopic (exact) mass is 353 g/mol. The highest BCUT2D eigenvalue weighted by Crippen LogP contribution is 2.18. The van der Waals surface area contributed by atoms with Crippen LogP contribution in [0.5, 0.6) is 5.75 Å². The van der Waals surface area contributed by atoms with Crippen molar-refractivity contribution < 1.29 is 18.8 Å². The zero-order chi connectivity index (χ0) is 18.5. The second-order valence-corrected chi connectivity index (χ2v) is 5.83. The van der Waals surface area contributed by atoms with Gasteiger partial charge in [-0.2, -0.15) is 0 Å². The molecule has 2 aromatic carbocycles. The highest BCUT2D eigenvalue weighted by molar-refractivity contribution is 5.95. The fourth-order valence-electron chi connectivity index (χ4n) is 2.52. The summed E-state index contributed by atoms with van der Waals surface area (Å²) in [6.07, 6.45) is 0.0727. The number of rotatable bonds is 6. The SMILES string of the molecule is COc1ccc(NC(=O)CN(C)C(=O)Cc2noc3ccccc23)cc1. The second-order valence-electron chi connectivity index (χ2n) is 5.83. The minimum atomic E-state index is -0.281. The summed E-state index contributed by atoms with van der Waals surface area (Å²) in [6.45, 7) is -0.0549. The molecule has 0 atom stereocenters. The molecule has 0 saturated carbocycles. The van der Waals surface area contributed by atoms with E-state index >= 15 is 0 Å². The third-order valence-electron chi connectivity index (χ3n) is 3.95. The Morgan fingerprint density at radius 3 is 2.62 bits per heavy atom. The molecule has 0 fully saturated rings. The summed E-state index contributed by atoms with van der Waals surface area (Å²) in [5.41, 5.74) is 1.84. The first-order valence-electron chi connectivity index (χ1n) is 8.08. The van der Waals surface area contributed by atoms with Crippen molar-refractivity contribution in [1.82, 2.24) is 10.1 Å². The quantitative estimate of drug-likeness (QED) is 0.736. The van der Waals surface area contributed by atoms with Crippen molar-refractivity contribution in [2.45, 2.75) is 6.42 Å². The van der Waals surface area contributed by atoms with Crippen LogP contribution in [-0.2, 0) is 16.0 Å². The number of aromatic nitrogens is 1. The molecule has 7 nitrogen and oxygen atoms in total. The van der Waals surface area contributed by atoms with E-state index in [1.54, 1.807) is 44.5 Å². The number of carbonyl (C=O) groups is 2. The maximum atomic E-state index is 12.4. The summed E-state index contributed by atoms with van der Waals surface area (Å²) in [5.74, 6) is 0.208. The lowest BCUT2D eigenvalue weighted by Crippen LogP contribution is -2.35. The van der Waals surface area contributed by atoms with Crippen molar-refractivity contribution in [2.75, 3.05) is 26.0 Å². The molecule has 0 aliphatic heterocycles. The number of amides is 2. The lowest BCUT2D eigenvalue weighted by molar-refractivity contribution is -0.132. The van der Waals surface area contributed by atoms with Gasteiger partial charge in [0.25, 0.3) is 0 Å². The Hall–Kier alpha value is -3.35. The number of para-hydroxylation sites is 1. The van der Waals surface area contributed by atoms with E-state index in [1.807, 2.05) is 18.2 Å². The lowest BCUT2D eigenvalue weighted by atomic mass is 10.1. The van der Waals surface area contributed by atoms with Crippen LogP contribution in [0, 0.1) is 0 Å². The number of nitrogens with zero attached hydrogens (tertiary/aromatic N) is 2. The number of fused-ring (bicyclic) bond motifs is 1. The maximum absolute atomic E-state index is 12.4. The molecule has 0 bridgehead atoms. The highest BCUT2D eigenvalue weighted by Gasteiger charge is 2.17. The zero-order valence-corrected chi connectivity index (χ0v) is 14.6. The summed E-state index contributed by atoms with van der Waals surface area (Å²) in [4.78, 5) is 25.9. The number of ether oxygens (including phenoxy) is 1. The molecule has 0 aliphatic carbocycles. The van der Waals surface area contributed by atoms with Crippen LogP contribution in [0.4, 0.5) is 5.69 Å². The van der Waals surface area contributed by atoms with Gasteiger partial charge in [0.15, 0.2) is 5.58 Å².